The predicted molar refractivity (Wildman–Crippen MR) is 99.6 cm³/mol. The number of esters is 1. The Kier molecular flexibility index (Phi) is 6.30. The largest absolute Gasteiger partial charge is 0.445 e. The number of Topliss-reactive ketones (excluding diaryl/α,β-unsaturated/α-hetero) is 1. The number of ether oxygens (including phenoxy) is 5. The van der Waals surface area contributed by atoms with Crippen molar-refractivity contribution in [3.63, 3.8) is 0 Å². The zero-order valence-corrected chi connectivity index (χ0v) is 17.1. The van der Waals surface area contributed by atoms with Crippen molar-refractivity contribution in [1.82, 2.24) is 5.32 Å². The van der Waals surface area contributed by atoms with Gasteiger partial charge in [0.25, 0.3) is 0 Å². The van der Waals surface area contributed by atoms with E-state index in [1.165, 1.54) is 6.08 Å². The molecule has 1 saturated carbocycles. The molecule has 0 bridgehead atoms. The third kappa shape index (κ3) is 4.62. The zero-order chi connectivity index (χ0) is 21.2. The van der Waals surface area contributed by atoms with E-state index in [-0.39, 0.29) is 31.8 Å². The number of hydrogen-bond donors (Lipinski definition) is 1. The van der Waals surface area contributed by atoms with E-state index < -0.39 is 47.4 Å². The molecule has 2 heterocycles. The lowest BCUT2D eigenvalue weighted by Gasteiger charge is -2.49. The summed E-state index contributed by atoms with van der Waals surface area (Å²) in [6, 6.07) is -0.635. The maximum absolute atomic E-state index is 12.9. The van der Waals surface area contributed by atoms with E-state index in [9.17, 15) is 14.4 Å². The van der Waals surface area contributed by atoms with E-state index in [1.54, 1.807) is 20.8 Å². The highest BCUT2D eigenvalue weighted by atomic mass is 16.7. The van der Waals surface area contributed by atoms with Gasteiger partial charge in [0.15, 0.2) is 5.79 Å². The van der Waals surface area contributed by atoms with Crippen LogP contribution in [0.4, 0.5) is 4.79 Å². The number of nitrogens with one attached hydrogen (secondary N) is 1. The molecule has 9 nitrogen and oxygen atoms in total. The minimum Gasteiger partial charge on any atom is -0.445 e. The van der Waals surface area contributed by atoms with Gasteiger partial charge in [0.05, 0.1) is 37.7 Å². The highest BCUT2D eigenvalue weighted by molar-refractivity contribution is 5.84. The van der Waals surface area contributed by atoms with E-state index in [4.69, 9.17) is 23.7 Å². The van der Waals surface area contributed by atoms with Crippen LogP contribution in [-0.4, -0.2) is 62.4 Å². The minimum absolute atomic E-state index is 0.000505. The van der Waals surface area contributed by atoms with Gasteiger partial charge in [-0.15, -0.1) is 0 Å². The highest BCUT2D eigenvalue weighted by Gasteiger charge is 2.59. The van der Waals surface area contributed by atoms with Crippen molar-refractivity contribution >= 4 is 17.8 Å². The first-order valence-corrected chi connectivity index (χ1v) is 9.84. The second kappa shape index (κ2) is 8.41. The van der Waals surface area contributed by atoms with Gasteiger partial charge in [-0.3, -0.25) is 9.59 Å². The van der Waals surface area contributed by atoms with Gasteiger partial charge in [0.1, 0.15) is 12.4 Å². The Morgan fingerprint density at radius 3 is 2.62 bits per heavy atom. The molecule has 1 aliphatic carbocycles. The molecule has 0 aromatic carbocycles. The summed E-state index contributed by atoms with van der Waals surface area (Å²) in [7, 11) is 0. The molecule has 3 rings (SSSR count). The summed E-state index contributed by atoms with van der Waals surface area (Å²) in [6.07, 6.45) is 0.229. The van der Waals surface area contributed by atoms with Gasteiger partial charge in [-0.25, -0.2) is 4.79 Å². The van der Waals surface area contributed by atoms with Crippen LogP contribution in [0.5, 0.6) is 0 Å². The lowest BCUT2D eigenvalue weighted by molar-refractivity contribution is -0.245. The smallest absolute Gasteiger partial charge is 0.407 e. The number of amides is 1. The van der Waals surface area contributed by atoms with Crippen LogP contribution < -0.4 is 5.32 Å². The SMILES string of the molecule is C=CCOC(=O)N[C@H]1[C@@H]2CO[C@H](OC(=O)C(C)(C)C)C[C@@H]2C(=O)CC12OCCO2. The number of rotatable bonds is 4. The van der Waals surface area contributed by atoms with Crippen LogP contribution in [0.25, 0.3) is 0 Å². The van der Waals surface area contributed by atoms with Crippen LogP contribution in [0, 0.1) is 17.3 Å². The number of carbonyl (C=O) groups is 3. The van der Waals surface area contributed by atoms with E-state index in [1.807, 2.05) is 0 Å². The maximum atomic E-state index is 12.9. The van der Waals surface area contributed by atoms with Crippen LogP contribution in [0.15, 0.2) is 12.7 Å². The second-order valence-corrected chi connectivity index (χ2v) is 8.59. The Bertz CT molecular complexity index is 664. The summed E-state index contributed by atoms with van der Waals surface area (Å²) in [5.74, 6) is -2.54. The fourth-order valence-corrected chi connectivity index (χ4v) is 3.94. The molecule has 4 atom stereocenters. The van der Waals surface area contributed by atoms with E-state index in [0.717, 1.165) is 0 Å². The molecular formula is C20H29NO8. The Hall–Kier alpha value is -1.97. The summed E-state index contributed by atoms with van der Waals surface area (Å²) in [5, 5.41) is 2.79. The second-order valence-electron chi connectivity index (χ2n) is 8.59. The van der Waals surface area contributed by atoms with Crippen LogP contribution in [0.1, 0.15) is 33.6 Å². The fourth-order valence-electron chi connectivity index (χ4n) is 3.94. The van der Waals surface area contributed by atoms with Gasteiger partial charge in [-0.2, -0.15) is 0 Å². The molecule has 29 heavy (non-hydrogen) atoms. The van der Waals surface area contributed by atoms with Crippen LogP contribution in [0.2, 0.25) is 0 Å². The third-order valence-corrected chi connectivity index (χ3v) is 5.41. The van der Waals surface area contributed by atoms with Crippen molar-refractivity contribution in [3.8, 4) is 0 Å². The van der Waals surface area contributed by atoms with Gasteiger partial charge < -0.3 is 29.0 Å². The van der Waals surface area contributed by atoms with Gasteiger partial charge in [0, 0.05) is 18.3 Å². The monoisotopic (exact) mass is 411 g/mol. The Morgan fingerprint density at radius 2 is 2.00 bits per heavy atom. The molecule has 9 heteroatoms. The normalized spacial score (nSPS) is 31.1. The van der Waals surface area contributed by atoms with Crippen molar-refractivity contribution in [2.24, 2.45) is 17.3 Å². The number of fused-ring (bicyclic) bond motifs is 1. The lowest BCUT2D eigenvalue weighted by Crippen LogP contribution is -2.66. The molecule has 0 unspecified atom stereocenters. The summed E-state index contributed by atoms with van der Waals surface area (Å²) >= 11 is 0. The standard InChI is InChI=1S/C20H29NO8/c1-5-6-25-18(24)21-16-13-11-26-15(29-17(23)19(2,3)4)9-12(13)14(22)10-20(16)27-7-8-28-20/h5,12-13,15-16H,1,6-11H2,2-4H3,(H,21,24)/t12-,13+,15+,16-/m0/s1. The quantitative estimate of drug-likeness (QED) is 0.548. The molecule has 3 aliphatic rings. The Labute approximate surface area is 170 Å². The molecule has 2 saturated heterocycles. The van der Waals surface area contributed by atoms with Gasteiger partial charge in [0.2, 0.25) is 6.29 Å². The molecule has 0 aromatic heterocycles. The Morgan fingerprint density at radius 1 is 1.31 bits per heavy atom. The van der Waals surface area contributed by atoms with Crippen LogP contribution in [0.3, 0.4) is 0 Å². The topological polar surface area (TPSA) is 109 Å². The van der Waals surface area contributed by atoms with E-state index >= 15 is 0 Å². The van der Waals surface area contributed by atoms with Crippen molar-refractivity contribution < 1.29 is 38.1 Å². The third-order valence-electron chi connectivity index (χ3n) is 5.41. The van der Waals surface area contributed by atoms with Crippen molar-refractivity contribution in [1.29, 1.82) is 0 Å². The fraction of sp³-hybridized carbons (Fsp3) is 0.750. The molecule has 1 spiro atoms. The highest BCUT2D eigenvalue weighted by Crippen LogP contribution is 2.44. The average molecular weight is 411 g/mol. The zero-order valence-electron chi connectivity index (χ0n) is 17.1. The Balaban J connectivity index is 1.75. The van der Waals surface area contributed by atoms with Crippen molar-refractivity contribution in [2.75, 3.05) is 26.4 Å². The van der Waals surface area contributed by atoms with Crippen LogP contribution in [-0.2, 0) is 33.3 Å². The molecule has 0 radical (unpaired) electrons. The van der Waals surface area contributed by atoms with Gasteiger partial charge in [-0.1, -0.05) is 12.7 Å². The first-order chi connectivity index (χ1) is 13.7. The predicted octanol–water partition coefficient (Wildman–Crippen LogP) is 1.55. The number of hydrogen-bond acceptors (Lipinski definition) is 8. The van der Waals surface area contributed by atoms with E-state index in [2.05, 4.69) is 11.9 Å². The van der Waals surface area contributed by atoms with Gasteiger partial charge >= 0.3 is 12.1 Å². The molecule has 1 amide bonds. The lowest BCUT2D eigenvalue weighted by atomic mass is 9.69. The molecule has 0 aromatic rings. The van der Waals surface area contributed by atoms with Crippen LogP contribution >= 0.6 is 0 Å². The first-order valence-electron chi connectivity index (χ1n) is 9.84. The van der Waals surface area contributed by atoms with Gasteiger partial charge in [-0.05, 0) is 20.8 Å². The van der Waals surface area contributed by atoms with E-state index in [0.29, 0.717) is 13.2 Å². The van der Waals surface area contributed by atoms with Crippen molar-refractivity contribution in [2.45, 2.75) is 51.7 Å². The maximum Gasteiger partial charge on any atom is 0.407 e. The molecular weight excluding hydrogens is 382 g/mol. The number of ketones is 1. The molecule has 1 N–H and O–H groups in total. The average Bonchev–Trinajstić information content (AvgIpc) is 3.11. The first kappa shape index (κ1) is 21.7. The minimum atomic E-state index is -1.23. The summed E-state index contributed by atoms with van der Waals surface area (Å²) in [4.78, 5) is 37.3. The number of carbonyl (C=O) groups excluding carboxylic acids is 3. The summed E-state index contributed by atoms with van der Waals surface area (Å²) < 4.78 is 27.8. The summed E-state index contributed by atoms with van der Waals surface area (Å²) in [5.41, 5.74) is -0.675. The summed E-state index contributed by atoms with van der Waals surface area (Å²) in [6.45, 7) is 9.59. The molecule has 2 aliphatic heterocycles. The molecule has 162 valence electrons. The number of alkyl carbamates (subject to hydrolysis) is 1. The molecule has 3 fully saturated rings. The van der Waals surface area contributed by atoms with Crippen molar-refractivity contribution in [3.05, 3.63) is 12.7 Å².